The number of hydrogen-bond acceptors (Lipinski definition) is 6. The number of aromatic nitrogens is 7. The summed E-state index contributed by atoms with van der Waals surface area (Å²) in [7, 11) is 0. The van der Waals surface area contributed by atoms with E-state index in [1.165, 1.54) is 0 Å². The van der Waals surface area contributed by atoms with Gasteiger partial charge in [-0.05, 0) is 45.1 Å². The zero-order valence-corrected chi connectivity index (χ0v) is 21.1. The van der Waals surface area contributed by atoms with Gasteiger partial charge in [-0.2, -0.15) is 10.2 Å². The lowest BCUT2D eigenvalue weighted by Gasteiger charge is -2.19. The molecule has 0 saturated heterocycles. The van der Waals surface area contributed by atoms with Crippen LogP contribution in [0.25, 0.3) is 27.9 Å². The Morgan fingerprint density at radius 2 is 1.92 bits per heavy atom. The highest BCUT2D eigenvalue weighted by Gasteiger charge is 2.19. The summed E-state index contributed by atoms with van der Waals surface area (Å²) in [6, 6.07) is 11.5. The lowest BCUT2D eigenvalue weighted by molar-refractivity contribution is 0.102. The van der Waals surface area contributed by atoms with Crippen LogP contribution in [0.2, 0.25) is 0 Å². The molecule has 0 aliphatic rings. The highest BCUT2D eigenvalue weighted by molar-refractivity contribution is 6.03. The molecule has 0 aliphatic carbocycles. The average Bonchev–Trinajstić information content (AvgIpc) is 3.59. The van der Waals surface area contributed by atoms with Gasteiger partial charge in [-0.15, -0.1) is 0 Å². The van der Waals surface area contributed by atoms with Gasteiger partial charge in [0.15, 0.2) is 11.3 Å². The van der Waals surface area contributed by atoms with E-state index in [0.717, 1.165) is 60.7 Å². The highest BCUT2D eigenvalue weighted by atomic mass is 16.2. The Bertz CT molecular complexity index is 1520. The first-order valence-corrected chi connectivity index (χ1v) is 12.4. The Balaban J connectivity index is 1.47. The number of amides is 1. The Labute approximate surface area is 209 Å². The number of carbonyl (C=O) groups excluding carboxylic acids is 1. The van der Waals surface area contributed by atoms with E-state index >= 15 is 0 Å². The van der Waals surface area contributed by atoms with E-state index in [4.69, 9.17) is 4.98 Å². The predicted molar refractivity (Wildman–Crippen MR) is 140 cm³/mol. The number of para-hydroxylation sites is 2. The van der Waals surface area contributed by atoms with E-state index in [2.05, 4.69) is 50.7 Å². The summed E-state index contributed by atoms with van der Waals surface area (Å²) >= 11 is 0. The van der Waals surface area contributed by atoms with Crippen LogP contribution in [0.4, 0.5) is 5.95 Å². The Hall–Kier alpha value is -4.05. The quantitative estimate of drug-likeness (QED) is 0.340. The van der Waals surface area contributed by atoms with E-state index in [0.29, 0.717) is 11.6 Å². The molecule has 5 aromatic rings. The smallest absolute Gasteiger partial charge is 0.278 e. The van der Waals surface area contributed by atoms with Gasteiger partial charge in [0.1, 0.15) is 0 Å². The SMILES string of the molecule is CCN(CC)CCn1c(NC(=O)c2cc3nccc(-c4cnn(CC)c4C)n3n2)nc2ccccc21. The molecule has 0 aliphatic heterocycles. The minimum atomic E-state index is -0.327. The van der Waals surface area contributed by atoms with Crippen LogP contribution in [0.3, 0.4) is 0 Å². The van der Waals surface area contributed by atoms with Crippen molar-refractivity contribution in [3.8, 4) is 11.3 Å². The fraction of sp³-hybridized carbons (Fsp3) is 0.346. The first-order valence-electron chi connectivity index (χ1n) is 12.4. The molecule has 36 heavy (non-hydrogen) atoms. The molecule has 0 spiro atoms. The first-order chi connectivity index (χ1) is 17.5. The molecule has 186 valence electrons. The Morgan fingerprint density at radius 1 is 1.11 bits per heavy atom. The zero-order valence-electron chi connectivity index (χ0n) is 21.1. The van der Waals surface area contributed by atoms with Crippen LogP contribution in [-0.2, 0) is 13.1 Å². The summed E-state index contributed by atoms with van der Waals surface area (Å²) < 4.78 is 5.69. The number of carbonyl (C=O) groups is 1. The van der Waals surface area contributed by atoms with Crippen molar-refractivity contribution in [2.45, 2.75) is 40.8 Å². The van der Waals surface area contributed by atoms with E-state index < -0.39 is 0 Å². The lowest BCUT2D eigenvalue weighted by Crippen LogP contribution is -2.27. The number of nitrogens with zero attached hydrogens (tertiary/aromatic N) is 8. The number of imidazole rings is 1. The van der Waals surface area contributed by atoms with Gasteiger partial charge in [-0.25, -0.2) is 14.5 Å². The van der Waals surface area contributed by atoms with Gasteiger partial charge >= 0.3 is 0 Å². The molecule has 0 bridgehead atoms. The third kappa shape index (κ3) is 4.24. The maximum absolute atomic E-state index is 13.3. The van der Waals surface area contributed by atoms with Crippen LogP contribution >= 0.6 is 0 Å². The molecule has 0 saturated carbocycles. The maximum atomic E-state index is 13.3. The van der Waals surface area contributed by atoms with Crippen LogP contribution in [0.1, 0.15) is 37.0 Å². The predicted octanol–water partition coefficient (Wildman–Crippen LogP) is 3.86. The molecular weight excluding hydrogens is 454 g/mol. The summed E-state index contributed by atoms with van der Waals surface area (Å²) in [4.78, 5) is 24.8. The number of anilines is 1. The molecule has 4 heterocycles. The second kappa shape index (κ2) is 9.90. The van der Waals surface area contributed by atoms with Crippen LogP contribution in [-0.4, -0.2) is 64.4 Å². The summed E-state index contributed by atoms with van der Waals surface area (Å²) in [5.41, 5.74) is 5.53. The molecule has 0 radical (unpaired) electrons. The molecule has 0 atom stereocenters. The topological polar surface area (TPSA) is 98.2 Å². The van der Waals surface area contributed by atoms with Gasteiger partial charge in [0, 0.05) is 43.2 Å². The van der Waals surface area contributed by atoms with Gasteiger partial charge in [-0.1, -0.05) is 26.0 Å². The van der Waals surface area contributed by atoms with Crippen LogP contribution < -0.4 is 5.32 Å². The number of rotatable bonds is 9. The van der Waals surface area contributed by atoms with Crippen molar-refractivity contribution in [1.29, 1.82) is 0 Å². The second-order valence-electron chi connectivity index (χ2n) is 8.65. The average molecular weight is 486 g/mol. The molecule has 10 heteroatoms. The van der Waals surface area contributed by atoms with Crippen molar-refractivity contribution in [2.24, 2.45) is 0 Å². The molecule has 4 aromatic heterocycles. The van der Waals surface area contributed by atoms with Gasteiger partial charge in [-0.3, -0.25) is 14.8 Å². The number of nitrogens with one attached hydrogen (secondary N) is 1. The summed E-state index contributed by atoms with van der Waals surface area (Å²) in [6.45, 7) is 12.7. The molecule has 0 fully saturated rings. The zero-order chi connectivity index (χ0) is 25.2. The van der Waals surface area contributed by atoms with Crippen molar-refractivity contribution < 1.29 is 4.79 Å². The van der Waals surface area contributed by atoms with Crippen molar-refractivity contribution in [2.75, 3.05) is 25.0 Å². The number of likely N-dealkylation sites (N-methyl/N-ethyl adjacent to an activating group) is 1. The molecule has 0 unspecified atom stereocenters. The second-order valence-corrected chi connectivity index (χ2v) is 8.65. The third-order valence-electron chi connectivity index (χ3n) is 6.68. The van der Waals surface area contributed by atoms with E-state index in [1.807, 2.05) is 48.1 Å². The van der Waals surface area contributed by atoms with Crippen molar-refractivity contribution >= 4 is 28.5 Å². The van der Waals surface area contributed by atoms with Crippen molar-refractivity contribution in [3.63, 3.8) is 0 Å². The molecule has 1 aromatic carbocycles. The molecule has 10 nitrogen and oxygen atoms in total. The van der Waals surface area contributed by atoms with E-state index in [-0.39, 0.29) is 11.6 Å². The van der Waals surface area contributed by atoms with Gasteiger partial charge < -0.3 is 9.47 Å². The lowest BCUT2D eigenvalue weighted by atomic mass is 10.2. The molecule has 5 rings (SSSR count). The van der Waals surface area contributed by atoms with Gasteiger partial charge in [0.25, 0.3) is 5.91 Å². The van der Waals surface area contributed by atoms with Gasteiger partial charge in [0.2, 0.25) is 5.95 Å². The largest absolute Gasteiger partial charge is 0.309 e. The highest BCUT2D eigenvalue weighted by Crippen LogP contribution is 2.24. The maximum Gasteiger partial charge on any atom is 0.278 e. The number of aryl methyl sites for hydroxylation is 1. The summed E-state index contributed by atoms with van der Waals surface area (Å²) in [5.74, 6) is 0.186. The molecule has 1 amide bonds. The van der Waals surface area contributed by atoms with E-state index in [1.54, 1.807) is 16.8 Å². The Kier molecular flexibility index (Phi) is 6.51. The normalized spacial score (nSPS) is 11.7. The van der Waals surface area contributed by atoms with Crippen LogP contribution in [0.15, 0.2) is 48.8 Å². The third-order valence-corrected chi connectivity index (χ3v) is 6.68. The van der Waals surface area contributed by atoms with Crippen LogP contribution in [0.5, 0.6) is 0 Å². The van der Waals surface area contributed by atoms with E-state index in [9.17, 15) is 4.79 Å². The number of benzene rings is 1. The summed E-state index contributed by atoms with van der Waals surface area (Å²) in [6.07, 6.45) is 3.55. The van der Waals surface area contributed by atoms with Crippen LogP contribution in [0, 0.1) is 6.92 Å². The monoisotopic (exact) mass is 485 g/mol. The van der Waals surface area contributed by atoms with Gasteiger partial charge in [0.05, 0.1) is 22.9 Å². The first kappa shape index (κ1) is 23.7. The standard InChI is InChI=1S/C26H31N9O/c1-5-32(6-2)14-15-33-23-11-9-8-10-20(23)29-26(33)30-25(36)21-16-24-27-13-12-22(35(24)31-21)19-17-28-34(7-3)18(19)4/h8-13,16-17H,5-7,14-15H2,1-4H3,(H,29,30,36). The van der Waals surface area contributed by atoms with Crippen molar-refractivity contribution in [3.05, 3.63) is 60.2 Å². The minimum absolute atomic E-state index is 0.276. The number of hydrogen-bond donors (Lipinski definition) is 1. The molecular formula is C26H31N9O. The fourth-order valence-electron chi connectivity index (χ4n) is 4.57. The number of fused-ring (bicyclic) bond motifs is 2. The molecule has 1 N–H and O–H groups in total. The fourth-order valence-corrected chi connectivity index (χ4v) is 4.57. The minimum Gasteiger partial charge on any atom is -0.309 e. The summed E-state index contributed by atoms with van der Waals surface area (Å²) in [5, 5.41) is 12.0. The Morgan fingerprint density at radius 3 is 2.67 bits per heavy atom. The van der Waals surface area contributed by atoms with Crippen molar-refractivity contribution in [1.82, 2.24) is 38.8 Å².